The van der Waals surface area contributed by atoms with Crippen molar-refractivity contribution in [2.24, 2.45) is 0 Å². The lowest BCUT2D eigenvalue weighted by Crippen LogP contribution is -2.08. The Bertz CT molecular complexity index is 662. The molecular weight excluding hydrogens is 300 g/mol. The number of benzene rings is 1. The Labute approximate surface area is 134 Å². The summed E-state index contributed by atoms with van der Waals surface area (Å²) < 4.78 is 10.5. The first kappa shape index (κ1) is 16.3. The minimum absolute atomic E-state index is 0.231. The highest BCUT2D eigenvalue weighted by Gasteiger charge is 2.09. The summed E-state index contributed by atoms with van der Waals surface area (Å²) in [7, 11) is 1.38. The van der Waals surface area contributed by atoms with E-state index < -0.39 is 0 Å². The van der Waals surface area contributed by atoms with Crippen LogP contribution >= 0.6 is 11.8 Å². The summed E-state index contributed by atoms with van der Waals surface area (Å²) in [6.07, 6.45) is 2.15. The van der Waals surface area contributed by atoms with Gasteiger partial charge in [-0.25, -0.2) is 4.98 Å². The fraction of sp³-hybridized carbons (Fsp3) is 0.312. The van der Waals surface area contributed by atoms with Crippen LogP contribution in [-0.4, -0.2) is 29.3 Å². The SMILES string of the molecule is COC(=O)Cc1ccccc1COc1cc(C)nc(SC)n1. The third-order valence-corrected chi connectivity index (χ3v) is 3.60. The van der Waals surface area contributed by atoms with Gasteiger partial charge in [0.15, 0.2) is 5.16 Å². The molecule has 0 amide bonds. The van der Waals surface area contributed by atoms with Crippen LogP contribution in [0.1, 0.15) is 16.8 Å². The van der Waals surface area contributed by atoms with Crippen molar-refractivity contribution in [3.05, 3.63) is 47.2 Å². The molecule has 0 saturated carbocycles. The van der Waals surface area contributed by atoms with E-state index in [0.717, 1.165) is 16.8 Å². The van der Waals surface area contributed by atoms with Crippen LogP contribution in [0.2, 0.25) is 0 Å². The molecule has 0 aliphatic carbocycles. The van der Waals surface area contributed by atoms with Crippen LogP contribution in [0.3, 0.4) is 0 Å². The number of carbonyl (C=O) groups excluding carboxylic acids is 1. The molecule has 5 nitrogen and oxygen atoms in total. The molecule has 0 unspecified atom stereocenters. The smallest absolute Gasteiger partial charge is 0.309 e. The highest BCUT2D eigenvalue weighted by atomic mass is 32.2. The number of nitrogens with zero attached hydrogens (tertiary/aromatic N) is 2. The molecule has 2 aromatic rings. The monoisotopic (exact) mass is 318 g/mol. The molecule has 0 radical (unpaired) electrons. The molecule has 0 saturated heterocycles. The van der Waals surface area contributed by atoms with Crippen molar-refractivity contribution in [3.8, 4) is 5.88 Å². The molecule has 0 aliphatic rings. The Morgan fingerprint density at radius 1 is 1.23 bits per heavy atom. The minimum Gasteiger partial charge on any atom is -0.473 e. The van der Waals surface area contributed by atoms with E-state index in [0.29, 0.717) is 17.6 Å². The van der Waals surface area contributed by atoms with Gasteiger partial charge in [0.25, 0.3) is 0 Å². The van der Waals surface area contributed by atoms with Gasteiger partial charge in [0, 0.05) is 11.8 Å². The number of hydrogen-bond acceptors (Lipinski definition) is 6. The van der Waals surface area contributed by atoms with E-state index in [4.69, 9.17) is 9.47 Å². The van der Waals surface area contributed by atoms with E-state index >= 15 is 0 Å². The van der Waals surface area contributed by atoms with Gasteiger partial charge >= 0.3 is 5.97 Å². The number of thioether (sulfide) groups is 1. The van der Waals surface area contributed by atoms with Crippen molar-refractivity contribution in [1.82, 2.24) is 9.97 Å². The molecule has 2 rings (SSSR count). The van der Waals surface area contributed by atoms with Gasteiger partial charge in [0.2, 0.25) is 5.88 Å². The summed E-state index contributed by atoms with van der Waals surface area (Å²) in [6, 6.07) is 9.43. The molecule has 6 heteroatoms. The normalized spacial score (nSPS) is 10.3. The summed E-state index contributed by atoms with van der Waals surface area (Å²) in [6.45, 7) is 2.25. The summed E-state index contributed by atoms with van der Waals surface area (Å²) in [5, 5.41) is 0.679. The van der Waals surface area contributed by atoms with E-state index in [1.165, 1.54) is 18.9 Å². The maximum atomic E-state index is 11.4. The molecule has 1 aromatic carbocycles. The minimum atomic E-state index is -0.269. The van der Waals surface area contributed by atoms with E-state index in [1.54, 1.807) is 6.07 Å². The molecule has 22 heavy (non-hydrogen) atoms. The zero-order chi connectivity index (χ0) is 15.9. The Morgan fingerprint density at radius 3 is 2.64 bits per heavy atom. The zero-order valence-corrected chi connectivity index (χ0v) is 13.6. The Hall–Kier alpha value is -2.08. The molecule has 1 heterocycles. The van der Waals surface area contributed by atoms with Crippen molar-refractivity contribution >= 4 is 17.7 Å². The largest absolute Gasteiger partial charge is 0.473 e. The summed E-state index contributed by atoms with van der Waals surface area (Å²) in [5.41, 5.74) is 2.69. The van der Waals surface area contributed by atoms with Crippen molar-refractivity contribution in [2.45, 2.75) is 25.1 Å². The molecule has 0 bridgehead atoms. The van der Waals surface area contributed by atoms with Gasteiger partial charge in [0.05, 0.1) is 13.5 Å². The van der Waals surface area contributed by atoms with Crippen LogP contribution in [0.4, 0.5) is 0 Å². The number of methoxy groups -OCH3 is 1. The molecule has 0 aliphatic heterocycles. The molecule has 1 aromatic heterocycles. The predicted octanol–water partition coefficient (Wildman–Crippen LogP) is 2.80. The van der Waals surface area contributed by atoms with Gasteiger partial charge in [0.1, 0.15) is 6.61 Å². The second kappa shape index (κ2) is 7.79. The number of aryl methyl sites for hydroxylation is 1. The second-order valence-electron chi connectivity index (χ2n) is 4.64. The van der Waals surface area contributed by atoms with Gasteiger partial charge in [-0.05, 0) is 24.3 Å². The molecule has 0 spiro atoms. The van der Waals surface area contributed by atoms with E-state index in [2.05, 4.69) is 9.97 Å². The molecular formula is C16H18N2O3S. The van der Waals surface area contributed by atoms with Gasteiger partial charge < -0.3 is 9.47 Å². The first-order valence-corrected chi connectivity index (χ1v) is 8.01. The zero-order valence-electron chi connectivity index (χ0n) is 12.8. The first-order chi connectivity index (χ1) is 10.6. The lowest BCUT2D eigenvalue weighted by molar-refractivity contribution is -0.139. The van der Waals surface area contributed by atoms with Gasteiger partial charge in [-0.2, -0.15) is 4.98 Å². The summed E-state index contributed by atoms with van der Waals surface area (Å²) in [5.74, 6) is 0.264. The van der Waals surface area contributed by atoms with Crippen LogP contribution in [0, 0.1) is 6.92 Å². The number of hydrogen-bond donors (Lipinski definition) is 0. The molecule has 0 fully saturated rings. The number of esters is 1. The average molecular weight is 318 g/mol. The summed E-state index contributed by atoms with van der Waals surface area (Å²) in [4.78, 5) is 20.0. The fourth-order valence-corrected chi connectivity index (χ4v) is 2.35. The van der Waals surface area contributed by atoms with Crippen molar-refractivity contribution in [1.29, 1.82) is 0 Å². The highest BCUT2D eigenvalue weighted by Crippen LogP contribution is 2.18. The van der Waals surface area contributed by atoms with E-state index in [-0.39, 0.29) is 12.4 Å². The van der Waals surface area contributed by atoms with Gasteiger partial charge in [-0.15, -0.1) is 0 Å². The fourth-order valence-electron chi connectivity index (χ4n) is 1.93. The lowest BCUT2D eigenvalue weighted by atomic mass is 10.1. The van der Waals surface area contributed by atoms with Crippen LogP contribution < -0.4 is 4.74 Å². The maximum absolute atomic E-state index is 11.4. The van der Waals surface area contributed by atoms with Crippen molar-refractivity contribution in [3.63, 3.8) is 0 Å². The third-order valence-electron chi connectivity index (χ3n) is 3.05. The van der Waals surface area contributed by atoms with Crippen LogP contribution in [0.5, 0.6) is 5.88 Å². The lowest BCUT2D eigenvalue weighted by Gasteiger charge is -2.10. The van der Waals surface area contributed by atoms with Gasteiger partial charge in [-0.3, -0.25) is 4.79 Å². The van der Waals surface area contributed by atoms with Crippen molar-refractivity contribution in [2.75, 3.05) is 13.4 Å². The first-order valence-electron chi connectivity index (χ1n) is 6.78. The number of aromatic nitrogens is 2. The van der Waals surface area contributed by atoms with Crippen LogP contribution in [-0.2, 0) is 22.6 Å². The topological polar surface area (TPSA) is 61.3 Å². The molecule has 116 valence electrons. The highest BCUT2D eigenvalue weighted by molar-refractivity contribution is 7.98. The summed E-state index contributed by atoms with van der Waals surface area (Å²) >= 11 is 1.47. The van der Waals surface area contributed by atoms with E-state index in [9.17, 15) is 4.79 Å². The Morgan fingerprint density at radius 2 is 1.95 bits per heavy atom. The van der Waals surface area contributed by atoms with Crippen LogP contribution in [0.15, 0.2) is 35.5 Å². The predicted molar refractivity (Wildman–Crippen MR) is 85.0 cm³/mol. The quantitative estimate of drug-likeness (QED) is 0.464. The number of carbonyl (C=O) groups is 1. The molecule has 0 N–H and O–H groups in total. The molecule has 0 atom stereocenters. The third kappa shape index (κ3) is 4.46. The Balaban J connectivity index is 2.11. The Kier molecular flexibility index (Phi) is 5.77. The van der Waals surface area contributed by atoms with Crippen molar-refractivity contribution < 1.29 is 14.3 Å². The van der Waals surface area contributed by atoms with Gasteiger partial charge in [-0.1, -0.05) is 36.0 Å². The number of ether oxygens (including phenoxy) is 2. The average Bonchev–Trinajstić information content (AvgIpc) is 2.53. The standard InChI is InChI=1S/C16H18N2O3S/c1-11-8-14(18-16(17-11)22-3)21-10-13-7-5-4-6-12(13)9-15(19)20-2/h4-8H,9-10H2,1-3H3. The maximum Gasteiger partial charge on any atom is 0.309 e. The van der Waals surface area contributed by atoms with E-state index in [1.807, 2.05) is 37.4 Å². The second-order valence-corrected chi connectivity index (χ2v) is 5.42. The number of rotatable bonds is 6. The van der Waals surface area contributed by atoms with Crippen LogP contribution in [0.25, 0.3) is 0 Å².